The largest absolute Gasteiger partial charge is 1.00 e. The van der Waals surface area contributed by atoms with Gasteiger partial charge >= 0.3 is 5.82 Å². The Balaban J connectivity index is 0.000000640. The van der Waals surface area contributed by atoms with E-state index in [0.717, 1.165) is 0 Å². The molecular weight excluding hydrogens is 138 g/mol. The van der Waals surface area contributed by atoms with Crippen LogP contribution in [0.2, 0.25) is 0 Å². The molecule has 0 amide bonds. The minimum atomic E-state index is 0. The molecule has 0 unspecified atom stereocenters. The summed E-state index contributed by atoms with van der Waals surface area (Å²) in [4.78, 5) is 6.54. The van der Waals surface area contributed by atoms with Gasteiger partial charge in [-0.05, 0) is 17.1 Å². The van der Waals surface area contributed by atoms with E-state index in [-0.39, 0.29) is 12.4 Å². The van der Waals surface area contributed by atoms with E-state index < -0.39 is 0 Å². The minimum Gasteiger partial charge on any atom is -1.00 e. The number of halogens is 1. The topological polar surface area (TPSA) is 41.0 Å². The van der Waals surface area contributed by atoms with Gasteiger partial charge in [-0.2, -0.15) is 0 Å². The molecule has 0 bridgehead atoms. The van der Waals surface area contributed by atoms with Crippen LogP contribution in [-0.4, -0.2) is 4.98 Å². The first kappa shape index (κ1) is 7.86. The van der Waals surface area contributed by atoms with Gasteiger partial charge in [0.15, 0.2) is 0 Å². The molecule has 0 aliphatic rings. The molecule has 9 heavy (non-hydrogen) atoms. The van der Waals surface area contributed by atoms with Crippen molar-refractivity contribution in [2.75, 3.05) is 0 Å². The molecule has 0 aliphatic heterocycles. The van der Waals surface area contributed by atoms with Gasteiger partial charge in [-0.15, -0.1) is 0 Å². The highest BCUT2D eigenvalue weighted by Crippen LogP contribution is 2.01. The number of diazo groups is 1. The molecule has 0 aromatic carbocycles. The van der Waals surface area contributed by atoms with Crippen LogP contribution in [0, 0.1) is 5.39 Å². The Labute approximate surface area is 58.8 Å². The standard InChI is InChI=1S/C5H4N3.ClH/c6-8-5-3-1-2-4-7-5;/h1-4H;1H/q+1;/p-1. The van der Waals surface area contributed by atoms with Gasteiger partial charge in [0.05, 0.1) is 11.5 Å². The first-order chi connectivity index (χ1) is 3.93. The molecular formula is C5H4ClN3. The highest BCUT2D eigenvalue weighted by atomic mass is 35.5. The summed E-state index contributed by atoms with van der Waals surface area (Å²) >= 11 is 0. The van der Waals surface area contributed by atoms with Gasteiger partial charge in [0.25, 0.3) is 0 Å². The normalized spacial score (nSPS) is 7.00. The van der Waals surface area contributed by atoms with Crippen LogP contribution in [0.25, 0.3) is 4.98 Å². The molecule has 3 nitrogen and oxygen atoms in total. The van der Waals surface area contributed by atoms with E-state index in [1.165, 1.54) is 0 Å². The van der Waals surface area contributed by atoms with Gasteiger partial charge in [0.1, 0.15) is 6.20 Å². The smallest absolute Gasteiger partial charge is 0.464 e. The number of aromatic nitrogens is 1. The van der Waals surface area contributed by atoms with Gasteiger partial charge < -0.3 is 12.4 Å². The van der Waals surface area contributed by atoms with Crippen molar-refractivity contribution in [3.8, 4) is 0 Å². The zero-order chi connectivity index (χ0) is 5.82. The van der Waals surface area contributed by atoms with Gasteiger partial charge in [0, 0.05) is 4.98 Å². The quantitative estimate of drug-likeness (QED) is 0.416. The van der Waals surface area contributed by atoms with E-state index in [2.05, 4.69) is 9.96 Å². The van der Waals surface area contributed by atoms with Crippen molar-refractivity contribution >= 4 is 5.82 Å². The fraction of sp³-hybridized carbons (Fsp3) is 0. The summed E-state index contributed by atoms with van der Waals surface area (Å²) in [7, 11) is 0. The first-order valence-corrected chi connectivity index (χ1v) is 2.19. The maximum absolute atomic E-state index is 8.10. The van der Waals surface area contributed by atoms with E-state index in [0.29, 0.717) is 5.82 Å². The van der Waals surface area contributed by atoms with E-state index in [1.54, 1.807) is 24.4 Å². The zero-order valence-electron chi connectivity index (χ0n) is 4.53. The molecule has 0 fully saturated rings. The Morgan fingerprint density at radius 1 is 1.44 bits per heavy atom. The molecule has 0 saturated carbocycles. The van der Waals surface area contributed by atoms with Gasteiger partial charge in [-0.3, -0.25) is 0 Å². The molecule has 4 heteroatoms. The molecule has 1 aromatic heterocycles. The molecule has 1 rings (SSSR count). The van der Waals surface area contributed by atoms with Crippen LogP contribution in [0.4, 0.5) is 5.82 Å². The predicted molar refractivity (Wildman–Crippen MR) is 29.0 cm³/mol. The van der Waals surface area contributed by atoms with Gasteiger partial charge in [-0.25, -0.2) is 0 Å². The lowest BCUT2D eigenvalue weighted by Gasteiger charge is -1.66. The number of rotatable bonds is 0. The number of hydrogen-bond acceptors (Lipinski definition) is 2. The van der Waals surface area contributed by atoms with Crippen LogP contribution < -0.4 is 12.4 Å². The average Bonchev–Trinajstić information content (AvgIpc) is 1.90. The lowest BCUT2D eigenvalue weighted by Crippen LogP contribution is -3.00. The summed E-state index contributed by atoms with van der Waals surface area (Å²) in [5.74, 6) is 0.340. The molecule has 0 saturated heterocycles. The third kappa shape index (κ3) is 2.06. The fourth-order valence-corrected chi connectivity index (χ4v) is 0.413. The van der Waals surface area contributed by atoms with Gasteiger partial charge in [-0.1, -0.05) is 0 Å². The second-order valence-corrected chi connectivity index (χ2v) is 1.29. The Hall–Kier alpha value is -1.14. The van der Waals surface area contributed by atoms with Crippen LogP contribution in [0.5, 0.6) is 0 Å². The van der Waals surface area contributed by atoms with Crippen molar-refractivity contribution in [1.82, 2.24) is 4.98 Å². The van der Waals surface area contributed by atoms with Crippen LogP contribution in [0.15, 0.2) is 24.4 Å². The molecule has 0 atom stereocenters. The lowest BCUT2D eigenvalue weighted by molar-refractivity contribution is -0.00000194. The second-order valence-electron chi connectivity index (χ2n) is 1.29. The van der Waals surface area contributed by atoms with E-state index in [1.807, 2.05) is 0 Å². The highest BCUT2D eigenvalue weighted by Gasteiger charge is 1.97. The lowest BCUT2D eigenvalue weighted by atomic mass is 10.5. The second kappa shape index (κ2) is 3.81. The van der Waals surface area contributed by atoms with Crippen molar-refractivity contribution < 1.29 is 12.4 Å². The summed E-state index contributed by atoms with van der Waals surface area (Å²) in [6.07, 6.45) is 1.56. The van der Waals surface area contributed by atoms with Crippen molar-refractivity contribution in [3.63, 3.8) is 0 Å². The summed E-state index contributed by atoms with van der Waals surface area (Å²) in [6, 6.07) is 5.12. The maximum atomic E-state index is 8.10. The fourth-order valence-electron chi connectivity index (χ4n) is 0.413. The van der Waals surface area contributed by atoms with Crippen LogP contribution in [0.3, 0.4) is 0 Å². The Bertz CT molecular complexity index is 203. The third-order valence-electron chi connectivity index (χ3n) is 0.752. The highest BCUT2D eigenvalue weighted by molar-refractivity contribution is 5.32. The minimum absolute atomic E-state index is 0. The SMILES string of the molecule is N#[N+]c1ccccn1.[Cl-]. The van der Waals surface area contributed by atoms with Crippen LogP contribution in [0.1, 0.15) is 0 Å². The molecule has 46 valence electrons. The summed E-state index contributed by atoms with van der Waals surface area (Å²) in [6.45, 7) is 0. The molecule has 0 spiro atoms. The van der Waals surface area contributed by atoms with Crippen molar-refractivity contribution in [3.05, 3.63) is 29.4 Å². The Morgan fingerprint density at radius 2 is 2.22 bits per heavy atom. The van der Waals surface area contributed by atoms with Crippen molar-refractivity contribution in [2.24, 2.45) is 0 Å². The molecule has 1 heterocycles. The predicted octanol–water partition coefficient (Wildman–Crippen LogP) is -1.43. The zero-order valence-corrected chi connectivity index (χ0v) is 5.28. The van der Waals surface area contributed by atoms with Crippen molar-refractivity contribution in [2.45, 2.75) is 0 Å². The monoisotopic (exact) mass is 141 g/mol. The Morgan fingerprint density at radius 3 is 2.56 bits per heavy atom. The number of pyridine rings is 1. The third-order valence-corrected chi connectivity index (χ3v) is 0.752. The molecule has 0 aliphatic carbocycles. The summed E-state index contributed by atoms with van der Waals surface area (Å²) in [5.41, 5.74) is 0. The van der Waals surface area contributed by atoms with Gasteiger partial charge in [0.2, 0.25) is 0 Å². The Kier molecular flexibility index (Phi) is 3.33. The van der Waals surface area contributed by atoms with Crippen molar-refractivity contribution in [1.29, 1.82) is 5.39 Å². The number of hydrogen-bond donors (Lipinski definition) is 0. The first-order valence-electron chi connectivity index (χ1n) is 2.19. The van der Waals surface area contributed by atoms with Crippen LogP contribution >= 0.6 is 0 Å². The summed E-state index contributed by atoms with van der Waals surface area (Å²) in [5, 5.41) is 8.10. The molecule has 0 radical (unpaired) electrons. The van der Waals surface area contributed by atoms with E-state index >= 15 is 0 Å². The molecule has 1 aromatic rings. The van der Waals surface area contributed by atoms with E-state index in [9.17, 15) is 0 Å². The van der Waals surface area contributed by atoms with Crippen LogP contribution in [-0.2, 0) is 0 Å². The number of nitrogens with zero attached hydrogens (tertiary/aromatic N) is 3. The molecule has 0 N–H and O–H groups in total. The average molecular weight is 142 g/mol. The maximum Gasteiger partial charge on any atom is 0.464 e. The summed E-state index contributed by atoms with van der Waals surface area (Å²) < 4.78 is 0. The van der Waals surface area contributed by atoms with E-state index in [4.69, 9.17) is 5.39 Å².